The summed E-state index contributed by atoms with van der Waals surface area (Å²) < 4.78 is 11.8. The van der Waals surface area contributed by atoms with Crippen LogP contribution >= 0.6 is 0 Å². The van der Waals surface area contributed by atoms with E-state index >= 15 is 0 Å². The number of oxazole rings is 1. The average molecular weight is 397 g/mol. The first-order valence-corrected chi connectivity index (χ1v) is 10.2. The highest BCUT2D eigenvalue weighted by atomic mass is 16.5. The monoisotopic (exact) mass is 397 g/mol. The van der Waals surface area contributed by atoms with Crippen molar-refractivity contribution in [1.82, 2.24) is 15.2 Å². The molecule has 1 aromatic heterocycles. The zero-order chi connectivity index (χ0) is 20.4. The van der Waals surface area contributed by atoms with Gasteiger partial charge in [-0.1, -0.05) is 0 Å². The van der Waals surface area contributed by atoms with Gasteiger partial charge in [0.05, 0.1) is 18.8 Å². The van der Waals surface area contributed by atoms with Crippen LogP contribution in [0, 0.1) is 5.92 Å². The molecule has 1 aliphatic carbocycles. The van der Waals surface area contributed by atoms with Gasteiger partial charge in [-0.15, -0.1) is 0 Å². The summed E-state index contributed by atoms with van der Waals surface area (Å²) in [5.74, 6) is 2.77. The van der Waals surface area contributed by atoms with Crippen molar-refractivity contribution in [3.05, 3.63) is 35.7 Å². The van der Waals surface area contributed by atoms with Crippen molar-refractivity contribution in [3.63, 3.8) is 0 Å². The first-order chi connectivity index (χ1) is 14.0. The fourth-order valence-electron chi connectivity index (χ4n) is 3.51. The van der Waals surface area contributed by atoms with E-state index in [2.05, 4.69) is 10.3 Å². The number of hydrogen-bond acceptors (Lipinski definition) is 5. The first kappa shape index (κ1) is 19.5. The average Bonchev–Trinajstić information content (AvgIpc) is 3.42. The van der Waals surface area contributed by atoms with E-state index in [0.29, 0.717) is 25.4 Å². The van der Waals surface area contributed by atoms with Crippen LogP contribution in [-0.2, 0) is 22.6 Å². The lowest BCUT2D eigenvalue weighted by molar-refractivity contribution is -0.133. The van der Waals surface area contributed by atoms with E-state index in [1.54, 1.807) is 4.90 Å². The number of carbonyl (C=O) groups is 2. The van der Waals surface area contributed by atoms with Gasteiger partial charge < -0.3 is 19.4 Å². The molecule has 1 unspecified atom stereocenters. The summed E-state index contributed by atoms with van der Waals surface area (Å²) in [6.45, 7) is 5.10. The molecule has 2 amide bonds. The summed E-state index contributed by atoms with van der Waals surface area (Å²) in [4.78, 5) is 30.1. The maximum atomic E-state index is 12.5. The second kappa shape index (κ2) is 8.27. The van der Waals surface area contributed by atoms with Gasteiger partial charge in [0, 0.05) is 37.9 Å². The molecule has 7 heteroatoms. The Morgan fingerprint density at radius 1 is 1.31 bits per heavy atom. The quantitative estimate of drug-likeness (QED) is 0.777. The van der Waals surface area contributed by atoms with Crippen LogP contribution in [0.3, 0.4) is 0 Å². The lowest BCUT2D eigenvalue weighted by atomic mass is 10.1. The number of amides is 2. The van der Waals surface area contributed by atoms with Crippen molar-refractivity contribution in [2.75, 3.05) is 13.2 Å². The van der Waals surface area contributed by atoms with Gasteiger partial charge in [0.25, 0.3) is 0 Å². The molecule has 2 heterocycles. The van der Waals surface area contributed by atoms with Gasteiger partial charge in [-0.25, -0.2) is 4.98 Å². The number of ether oxygens (including phenoxy) is 1. The number of hydrogen-bond donors (Lipinski definition) is 1. The minimum atomic E-state index is -0.188. The number of aromatic nitrogens is 1. The summed E-state index contributed by atoms with van der Waals surface area (Å²) in [7, 11) is 0. The third kappa shape index (κ3) is 4.96. The summed E-state index contributed by atoms with van der Waals surface area (Å²) >= 11 is 0. The maximum Gasteiger partial charge on any atom is 0.226 e. The molecule has 1 fully saturated rings. The van der Waals surface area contributed by atoms with Crippen LogP contribution in [0.15, 0.2) is 28.7 Å². The van der Waals surface area contributed by atoms with Gasteiger partial charge in [-0.05, 0) is 49.9 Å². The number of rotatable bonds is 7. The Kier molecular flexibility index (Phi) is 5.56. The Balaban J connectivity index is 1.37. The van der Waals surface area contributed by atoms with Gasteiger partial charge in [0.2, 0.25) is 17.7 Å². The fraction of sp³-hybridized carbons (Fsp3) is 0.500. The number of nitrogens with one attached hydrogen (secondary N) is 1. The third-order valence-electron chi connectivity index (χ3n) is 5.30. The van der Waals surface area contributed by atoms with E-state index in [4.69, 9.17) is 9.15 Å². The number of benzene rings is 1. The van der Waals surface area contributed by atoms with Crippen molar-refractivity contribution in [2.24, 2.45) is 5.92 Å². The Bertz CT molecular complexity index is 886. The zero-order valence-corrected chi connectivity index (χ0v) is 16.9. The van der Waals surface area contributed by atoms with Gasteiger partial charge in [-0.2, -0.15) is 0 Å². The Morgan fingerprint density at radius 3 is 2.76 bits per heavy atom. The van der Waals surface area contributed by atoms with E-state index < -0.39 is 0 Å². The SMILES string of the molecule is CC(=O)NC(C)CC(=O)N1CCc2nc(-c3ccc(OCC4CC4)cc3)oc2C1. The van der Waals surface area contributed by atoms with Crippen molar-refractivity contribution >= 4 is 11.8 Å². The molecule has 7 nitrogen and oxygen atoms in total. The van der Waals surface area contributed by atoms with Crippen molar-refractivity contribution in [1.29, 1.82) is 0 Å². The Hall–Kier alpha value is -2.83. The van der Waals surface area contributed by atoms with E-state index in [-0.39, 0.29) is 24.3 Å². The predicted octanol–water partition coefficient (Wildman–Crippen LogP) is 2.93. The first-order valence-electron chi connectivity index (χ1n) is 10.2. The second-order valence-electron chi connectivity index (χ2n) is 8.04. The largest absolute Gasteiger partial charge is 0.493 e. The van der Waals surface area contributed by atoms with Gasteiger partial charge in [0.1, 0.15) is 11.5 Å². The molecular weight excluding hydrogens is 370 g/mol. The fourth-order valence-corrected chi connectivity index (χ4v) is 3.51. The van der Waals surface area contributed by atoms with Crippen molar-refractivity contribution in [2.45, 2.75) is 52.1 Å². The summed E-state index contributed by atoms with van der Waals surface area (Å²) in [6.07, 6.45) is 3.48. The Labute approximate surface area is 170 Å². The molecule has 0 saturated heterocycles. The third-order valence-corrected chi connectivity index (χ3v) is 5.30. The van der Waals surface area contributed by atoms with E-state index in [0.717, 1.165) is 35.3 Å². The highest BCUT2D eigenvalue weighted by molar-refractivity contribution is 5.79. The molecule has 0 bridgehead atoms. The smallest absolute Gasteiger partial charge is 0.226 e. The van der Waals surface area contributed by atoms with Crippen LogP contribution in [0.4, 0.5) is 0 Å². The molecule has 1 aliphatic heterocycles. The second-order valence-corrected chi connectivity index (χ2v) is 8.04. The van der Waals surface area contributed by atoms with Crippen LogP contribution in [0.1, 0.15) is 44.6 Å². The highest BCUT2D eigenvalue weighted by Gasteiger charge is 2.27. The van der Waals surface area contributed by atoms with Crippen LogP contribution in [0.5, 0.6) is 5.75 Å². The minimum Gasteiger partial charge on any atom is -0.493 e. The highest BCUT2D eigenvalue weighted by Crippen LogP contribution is 2.31. The predicted molar refractivity (Wildman–Crippen MR) is 107 cm³/mol. The standard InChI is InChI=1S/C22H27N3O4/c1-14(23-15(2)26)11-21(27)25-10-9-19-20(12-25)29-22(24-19)17-5-7-18(8-6-17)28-13-16-3-4-16/h5-8,14,16H,3-4,9-13H2,1-2H3,(H,23,26). The van der Waals surface area contributed by atoms with E-state index in [9.17, 15) is 9.59 Å². The molecule has 0 radical (unpaired) electrons. The molecular formula is C22H27N3O4. The lowest BCUT2D eigenvalue weighted by Crippen LogP contribution is -2.40. The zero-order valence-electron chi connectivity index (χ0n) is 16.9. The molecule has 1 aromatic carbocycles. The number of fused-ring (bicyclic) bond motifs is 1. The topological polar surface area (TPSA) is 84.7 Å². The summed E-state index contributed by atoms with van der Waals surface area (Å²) in [5, 5.41) is 2.75. The van der Waals surface area contributed by atoms with Crippen LogP contribution in [0.2, 0.25) is 0 Å². The molecule has 2 aromatic rings. The molecule has 1 atom stereocenters. The van der Waals surface area contributed by atoms with Gasteiger partial charge >= 0.3 is 0 Å². The molecule has 4 rings (SSSR count). The lowest BCUT2D eigenvalue weighted by Gasteiger charge is -2.26. The van der Waals surface area contributed by atoms with Crippen LogP contribution < -0.4 is 10.1 Å². The normalized spacial score (nSPS) is 16.8. The van der Waals surface area contributed by atoms with Gasteiger partial charge in [-0.3, -0.25) is 9.59 Å². The van der Waals surface area contributed by atoms with Gasteiger partial charge in [0.15, 0.2) is 0 Å². The Morgan fingerprint density at radius 2 is 2.07 bits per heavy atom. The molecule has 29 heavy (non-hydrogen) atoms. The molecule has 2 aliphatic rings. The van der Waals surface area contributed by atoms with E-state index in [1.807, 2.05) is 31.2 Å². The summed E-state index contributed by atoms with van der Waals surface area (Å²) in [6, 6.07) is 7.61. The number of nitrogens with zero attached hydrogens (tertiary/aromatic N) is 2. The van der Waals surface area contributed by atoms with Crippen LogP contribution in [-0.4, -0.2) is 40.9 Å². The number of carbonyl (C=O) groups excluding carboxylic acids is 2. The summed E-state index contributed by atoms with van der Waals surface area (Å²) in [5.41, 5.74) is 1.81. The van der Waals surface area contributed by atoms with Crippen molar-refractivity contribution < 1.29 is 18.7 Å². The van der Waals surface area contributed by atoms with E-state index in [1.165, 1.54) is 19.8 Å². The van der Waals surface area contributed by atoms with Crippen molar-refractivity contribution in [3.8, 4) is 17.2 Å². The van der Waals surface area contributed by atoms with Crippen LogP contribution in [0.25, 0.3) is 11.5 Å². The molecule has 1 saturated carbocycles. The minimum absolute atomic E-state index is 0.00649. The molecule has 154 valence electrons. The maximum absolute atomic E-state index is 12.5. The molecule has 0 spiro atoms. The molecule has 1 N–H and O–H groups in total.